The van der Waals surface area contributed by atoms with E-state index < -0.39 is 5.97 Å². The van der Waals surface area contributed by atoms with E-state index >= 15 is 0 Å². The van der Waals surface area contributed by atoms with Gasteiger partial charge in [-0.15, -0.1) is 0 Å². The molecule has 0 bridgehead atoms. The minimum atomic E-state index is -0.859. The van der Waals surface area contributed by atoms with E-state index in [-0.39, 0.29) is 5.82 Å². The Morgan fingerprint density at radius 2 is 1.67 bits per heavy atom. The molecule has 1 aliphatic heterocycles. The zero-order valence-electron chi connectivity index (χ0n) is 13.6. The fraction of sp³-hybridized carbons (Fsp3) is 0.350. The summed E-state index contributed by atoms with van der Waals surface area (Å²) in [6.07, 6.45) is 2.83. The lowest BCUT2D eigenvalue weighted by Crippen LogP contribution is -2.34. The van der Waals surface area contributed by atoms with Crippen LogP contribution >= 0.6 is 0 Å². The van der Waals surface area contributed by atoms with E-state index in [2.05, 4.69) is 4.90 Å². The molecular formula is C20H22FNO2. The first-order valence-corrected chi connectivity index (χ1v) is 8.40. The van der Waals surface area contributed by atoms with Gasteiger partial charge in [-0.3, -0.25) is 4.90 Å². The third kappa shape index (κ3) is 4.01. The summed E-state index contributed by atoms with van der Waals surface area (Å²) in [5.74, 6) is -0.514. The number of nitrogens with zero attached hydrogens (tertiary/aromatic N) is 1. The quantitative estimate of drug-likeness (QED) is 0.903. The first kappa shape index (κ1) is 16.7. The highest BCUT2D eigenvalue weighted by Crippen LogP contribution is 2.24. The van der Waals surface area contributed by atoms with Gasteiger partial charge in [0.15, 0.2) is 0 Å². The van der Waals surface area contributed by atoms with E-state index in [1.807, 2.05) is 24.3 Å². The van der Waals surface area contributed by atoms with E-state index in [0.29, 0.717) is 18.0 Å². The van der Waals surface area contributed by atoms with Crippen molar-refractivity contribution in [2.24, 2.45) is 5.92 Å². The molecule has 3 nitrogen and oxygen atoms in total. The van der Waals surface area contributed by atoms with E-state index in [0.717, 1.165) is 43.5 Å². The summed E-state index contributed by atoms with van der Waals surface area (Å²) in [5.41, 5.74) is 2.07. The number of carbonyl (C=O) groups is 1. The first-order chi connectivity index (χ1) is 11.6. The topological polar surface area (TPSA) is 40.5 Å². The van der Waals surface area contributed by atoms with Gasteiger partial charge in [-0.2, -0.15) is 0 Å². The van der Waals surface area contributed by atoms with Gasteiger partial charge in [-0.1, -0.05) is 36.4 Å². The maximum Gasteiger partial charge on any atom is 0.335 e. The third-order valence-corrected chi connectivity index (χ3v) is 4.82. The second-order valence-electron chi connectivity index (χ2n) is 6.48. The fourth-order valence-corrected chi connectivity index (χ4v) is 3.43. The van der Waals surface area contributed by atoms with Crippen LogP contribution in [0.5, 0.6) is 0 Å². The minimum absolute atomic E-state index is 0.144. The zero-order chi connectivity index (χ0) is 16.9. The molecule has 0 saturated carbocycles. The molecule has 1 saturated heterocycles. The lowest BCUT2D eigenvalue weighted by molar-refractivity contribution is 0.0695. The molecule has 1 aliphatic rings. The molecule has 2 aromatic carbocycles. The van der Waals surface area contributed by atoms with Crippen LogP contribution in [-0.4, -0.2) is 29.1 Å². The largest absolute Gasteiger partial charge is 0.478 e. The van der Waals surface area contributed by atoms with Gasteiger partial charge in [0, 0.05) is 12.1 Å². The van der Waals surface area contributed by atoms with Gasteiger partial charge in [-0.25, -0.2) is 9.18 Å². The molecule has 0 unspecified atom stereocenters. The molecule has 1 heterocycles. The molecule has 126 valence electrons. The Labute approximate surface area is 141 Å². The van der Waals surface area contributed by atoms with Crippen molar-refractivity contribution in [3.63, 3.8) is 0 Å². The number of benzene rings is 2. The Bertz CT molecular complexity index is 708. The number of hydrogen-bond donors (Lipinski definition) is 1. The maximum atomic E-state index is 13.7. The number of aromatic carboxylic acids is 1. The van der Waals surface area contributed by atoms with E-state index in [9.17, 15) is 14.3 Å². The number of carboxylic acids is 1. The Balaban J connectivity index is 1.56. The molecule has 4 heteroatoms. The van der Waals surface area contributed by atoms with Gasteiger partial charge in [-0.05, 0) is 56.0 Å². The van der Waals surface area contributed by atoms with Crippen molar-refractivity contribution in [1.29, 1.82) is 0 Å². The number of piperidine rings is 1. The second-order valence-corrected chi connectivity index (χ2v) is 6.48. The molecule has 0 radical (unpaired) electrons. The van der Waals surface area contributed by atoms with E-state index in [1.54, 1.807) is 18.2 Å². The standard InChI is InChI=1S/C20H22FNO2/c21-19-8-4-2-6-17(19)14-22-11-9-15(10-12-22)13-16-5-1-3-7-18(16)20(23)24/h1-8,15H,9-14H2,(H,23,24). The van der Waals surface area contributed by atoms with Crippen LogP contribution in [0.1, 0.15) is 34.3 Å². The van der Waals surface area contributed by atoms with Crippen LogP contribution in [0.4, 0.5) is 4.39 Å². The van der Waals surface area contributed by atoms with Gasteiger partial charge in [0.2, 0.25) is 0 Å². The molecule has 24 heavy (non-hydrogen) atoms. The molecule has 0 spiro atoms. The highest BCUT2D eigenvalue weighted by Gasteiger charge is 2.22. The van der Waals surface area contributed by atoms with Crippen LogP contribution in [0, 0.1) is 11.7 Å². The van der Waals surface area contributed by atoms with Crippen molar-refractivity contribution in [3.05, 3.63) is 71.0 Å². The number of carboxylic acid groups (broad SMARTS) is 1. The summed E-state index contributed by atoms with van der Waals surface area (Å²) in [4.78, 5) is 13.6. The monoisotopic (exact) mass is 327 g/mol. The predicted molar refractivity (Wildman–Crippen MR) is 91.5 cm³/mol. The SMILES string of the molecule is O=C(O)c1ccccc1CC1CCN(Cc2ccccc2F)CC1. The highest BCUT2D eigenvalue weighted by molar-refractivity contribution is 5.89. The van der Waals surface area contributed by atoms with Crippen LogP contribution in [0.25, 0.3) is 0 Å². The number of likely N-dealkylation sites (tertiary alicyclic amines) is 1. The van der Waals surface area contributed by atoms with Gasteiger partial charge in [0.1, 0.15) is 5.82 Å². The lowest BCUT2D eigenvalue weighted by Gasteiger charge is -2.32. The van der Waals surface area contributed by atoms with Crippen LogP contribution in [-0.2, 0) is 13.0 Å². The lowest BCUT2D eigenvalue weighted by atomic mass is 9.88. The normalized spacial score (nSPS) is 16.2. The summed E-state index contributed by atoms with van der Waals surface area (Å²) in [5, 5.41) is 9.28. The number of hydrogen-bond acceptors (Lipinski definition) is 2. The molecular weight excluding hydrogens is 305 g/mol. The number of rotatable bonds is 5. The smallest absolute Gasteiger partial charge is 0.335 e. The second kappa shape index (κ2) is 7.58. The summed E-state index contributed by atoms with van der Waals surface area (Å²) in [6.45, 7) is 2.49. The molecule has 0 amide bonds. The Morgan fingerprint density at radius 1 is 1.04 bits per heavy atom. The van der Waals surface area contributed by atoms with Gasteiger partial charge < -0.3 is 5.11 Å². The number of halogens is 1. The summed E-state index contributed by atoms with van der Waals surface area (Å²) in [7, 11) is 0. The van der Waals surface area contributed by atoms with Crippen molar-refractivity contribution >= 4 is 5.97 Å². The highest BCUT2D eigenvalue weighted by atomic mass is 19.1. The summed E-state index contributed by atoms with van der Waals surface area (Å²) in [6, 6.07) is 14.2. The zero-order valence-corrected chi connectivity index (χ0v) is 13.6. The average Bonchev–Trinajstić information content (AvgIpc) is 2.59. The maximum absolute atomic E-state index is 13.7. The van der Waals surface area contributed by atoms with Crippen molar-refractivity contribution in [3.8, 4) is 0 Å². The first-order valence-electron chi connectivity index (χ1n) is 8.40. The molecule has 1 fully saturated rings. The van der Waals surface area contributed by atoms with Crippen molar-refractivity contribution < 1.29 is 14.3 Å². The fourth-order valence-electron chi connectivity index (χ4n) is 3.43. The van der Waals surface area contributed by atoms with Gasteiger partial charge in [0.25, 0.3) is 0 Å². The molecule has 2 aromatic rings. The van der Waals surface area contributed by atoms with Crippen LogP contribution < -0.4 is 0 Å². The van der Waals surface area contributed by atoms with Gasteiger partial charge in [0.05, 0.1) is 5.56 Å². The minimum Gasteiger partial charge on any atom is -0.478 e. The van der Waals surface area contributed by atoms with Crippen LogP contribution in [0.3, 0.4) is 0 Å². The Morgan fingerprint density at radius 3 is 2.33 bits per heavy atom. The molecule has 0 aromatic heterocycles. The predicted octanol–water partition coefficient (Wildman–Crippen LogP) is 3.98. The molecule has 3 rings (SSSR count). The van der Waals surface area contributed by atoms with Crippen molar-refractivity contribution in [2.75, 3.05) is 13.1 Å². The van der Waals surface area contributed by atoms with Crippen LogP contribution in [0.15, 0.2) is 48.5 Å². The molecule has 1 N–H and O–H groups in total. The summed E-state index contributed by atoms with van der Waals surface area (Å²) >= 11 is 0. The molecule has 0 aliphatic carbocycles. The van der Waals surface area contributed by atoms with E-state index in [4.69, 9.17) is 0 Å². The van der Waals surface area contributed by atoms with Crippen LogP contribution in [0.2, 0.25) is 0 Å². The third-order valence-electron chi connectivity index (χ3n) is 4.82. The van der Waals surface area contributed by atoms with E-state index in [1.165, 1.54) is 6.07 Å². The molecule has 0 atom stereocenters. The van der Waals surface area contributed by atoms with Gasteiger partial charge >= 0.3 is 5.97 Å². The Hall–Kier alpha value is -2.20. The van der Waals surface area contributed by atoms with Crippen molar-refractivity contribution in [1.82, 2.24) is 4.90 Å². The summed E-state index contributed by atoms with van der Waals surface area (Å²) < 4.78 is 13.7. The Kier molecular flexibility index (Phi) is 5.26. The van der Waals surface area contributed by atoms with Crippen molar-refractivity contribution in [2.45, 2.75) is 25.8 Å². The average molecular weight is 327 g/mol.